The average Bonchev–Trinajstić information content (AvgIpc) is 2.60. The van der Waals surface area contributed by atoms with Crippen molar-refractivity contribution in [3.8, 4) is 17.2 Å². The van der Waals surface area contributed by atoms with E-state index >= 15 is 0 Å². The number of ketones is 1. The van der Waals surface area contributed by atoms with Gasteiger partial charge in [0.1, 0.15) is 23.0 Å². The maximum Gasteiger partial charge on any atom is 0.182 e. The number of carbonyl (C=O) groups excluding carboxylic acids is 1. The van der Waals surface area contributed by atoms with E-state index in [1.807, 2.05) is 12.1 Å². The second-order valence-corrected chi connectivity index (χ2v) is 4.92. The van der Waals surface area contributed by atoms with Crippen LogP contribution in [0.2, 0.25) is 0 Å². The summed E-state index contributed by atoms with van der Waals surface area (Å²) >= 11 is 0. The van der Waals surface area contributed by atoms with Crippen LogP contribution in [0.3, 0.4) is 0 Å². The normalized spacial score (nSPS) is 11.5. The Hall–Kier alpha value is -3.21. The van der Waals surface area contributed by atoms with Gasteiger partial charge in [-0.05, 0) is 35.9 Å². The molecule has 5 heteroatoms. The number of benzene rings is 2. The Kier molecular flexibility index (Phi) is 5.63. The predicted molar refractivity (Wildman–Crippen MR) is 92.3 cm³/mol. The van der Waals surface area contributed by atoms with Gasteiger partial charge >= 0.3 is 0 Å². The van der Waals surface area contributed by atoms with Crippen LogP contribution in [0.25, 0.3) is 11.8 Å². The Morgan fingerprint density at radius 2 is 1.62 bits per heavy atom. The van der Waals surface area contributed by atoms with Crippen molar-refractivity contribution in [2.75, 3.05) is 14.2 Å². The molecule has 0 fully saturated rings. The second kappa shape index (κ2) is 7.87. The van der Waals surface area contributed by atoms with Gasteiger partial charge in [0.15, 0.2) is 5.78 Å². The summed E-state index contributed by atoms with van der Waals surface area (Å²) < 4.78 is 10.0. The summed E-state index contributed by atoms with van der Waals surface area (Å²) in [6, 6.07) is 11.6. The van der Waals surface area contributed by atoms with E-state index in [-0.39, 0.29) is 17.1 Å². The van der Waals surface area contributed by atoms with E-state index < -0.39 is 5.78 Å². The van der Waals surface area contributed by atoms with Crippen molar-refractivity contribution in [1.29, 1.82) is 0 Å². The molecule has 0 aliphatic heterocycles. The molecule has 5 nitrogen and oxygen atoms in total. The molecule has 0 spiro atoms. The standard InChI is InChI=1S/C19H18O5/c1-23-15-7-4-13(5-8-15)3-6-14(20)11-18(21)17-10-9-16(24-2)12-19(17)22/h3-12,21-22H,1-2H3/b6-3+,18-11?. The van der Waals surface area contributed by atoms with E-state index in [1.165, 1.54) is 25.3 Å². The number of phenols is 1. The molecule has 0 aliphatic rings. The number of rotatable bonds is 6. The summed E-state index contributed by atoms with van der Waals surface area (Å²) in [4.78, 5) is 11.9. The van der Waals surface area contributed by atoms with Gasteiger partial charge < -0.3 is 19.7 Å². The molecule has 0 heterocycles. The van der Waals surface area contributed by atoms with E-state index in [4.69, 9.17) is 9.47 Å². The Balaban J connectivity index is 2.11. The highest BCUT2D eigenvalue weighted by atomic mass is 16.5. The van der Waals surface area contributed by atoms with Crippen LogP contribution < -0.4 is 9.47 Å². The van der Waals surface area contributed by atoms with E-state index in [9.17, 15) is 15.0 Å². The Labute approximate surface area is 140 Å². The summed E-state index contributed by atoms with van der Waals surface area (Å²) in [6.45, 7) is 0. The van der Waals surface area contributed by atoms with Gasteiger partial charge in [-0.1, -0.05) is 18.2 Å². The molecule has 0 atom stereocenters. The van der Waals surface area contributed by atoms with Crippen LogP contribution in [-0.2, 0) is 4.79 Å². The lowest BCUT2D eigenvalue weighted by atomic mass is 10.1. The summed E-state index contributed by atoms with van der Waals surface area (Å²) in [5, 5.41) is 19.8. The van der Waals surface area contributed by atoms with Crippen molar-refractivity contribution < 1.29 is 24.5 Å². The first-order valence-electron chi connectivity index (χ1n) is 7.17. The van der Waals surface area contributed by atoms with Crippen molar-refractivity contribution in [2.24, 2.45) is 0 Å². The first-order chi connectivity index (χ1) is 11.5. The fourth-order valence-corrected chi connectivity index (χ4v) is 2.01. The van der Waals surface area contributed by atoms with Gasteiger partial charge in [0.05, 0.1) is 19.8 Å². The number of ether oxygens (including phenoxy) is 2. The number of phenolic OH excluding ortho intramolecular Hbond substituents is 1. The second-order valence-electron chi connectivity index (χ2n) is 4.92. The van der Waals surface area contributed by atoms with Gasteiger partial charge in [-0.2, -0.15) is 0 Å². The Morgan fingerprint density at radius 1 is 1.00 bits per heavy atom. The summed E-state index contributed by atoms with van der Waals surface area (Å²) in [7, 11) is 3.05. The third kappa shape index (κ3) is 4.39. The van der Waals surface area contributed by atoms with E-state index in [0.717, 1.165) is 17.4 Å². The van der Waals surface area contributed by atoms with Gasteiger partial charge in [-0.25, -0.2) is 0 Å². The number of methoxy groups -OCH3 is 2. The number of aliphatic hydroxyl groups is 1. The molecule has 24 heavy (non-hydrogen) atoms. The van der Waals surface area contributed by atoms with Gasteiger partial charge in [0, 0.05) is 12.1 Å². The first-order valence-corrected chi connectivity index (χ1v) is 7.17. The Bertz CT molecular complexity index is 773. The molecule has 0 aromatic heterocycles. The van der Waals surface area contributed by atoms with Gasteiger partial charge in [0.25, 0.3) is 0 Å². The maximum atomic E-state index is 11.9. The third-order valence-electron chi connectivity index (χ3n) is 3.32. The molecule has 0 radical (unpaired) electrons. The number of hydrogen-bond donors (Lipinski definition) is 2. The number of allylic oxidation sites excluding steroid dienone is 2. The van der Waals surface area contributed by atoms with Crippen LogP contribution in [0.1, 0.15) is 11.1 Å². The lowest BCUT2D eigenvalue weighted by Gasteiger charge is -2.05. The van der Waals surface area contributed by atoms with E-state index in [1.54, 1.807) is 31.4 Å². The minimum absolute atomic E-state index is 0.155. The molecule has 2 aromatic rings. The molecule has 124 valence electrons. The molecule has 2 N–H and O–H groups in total. The third-order valence-corrected chi connectivity index (χ3v) is 3.32. The lowest BCUT2D eigenvalue weighted by molar-refractivity contribution is -0.110. The van der Waals surface area contributed by atoms with E-state index in [2.05, 4.69) is 0 Å². The van der Waals surface area contributed by atoms with Crippen molar-refractivity contribution in [3.05, 3.63) is 65.7 Å². The fourth-order valence-electron chi connectivity index (χ4n) is 2.01. The highest BCUT2D eigenvalue weighted by Crippen LogP contribution is 2.27. The Morgan fingerprint density at radius 3 is 2.21 bits per heavy atom. The number of carbonyl (C=O) groups is 1. The first kappa shape index (κ1) is 17.1. The largest absolute Gasteiger partial charge is 0.507 e. The molecule has 0 saturated heterocycles. The smallest absolute Gasteiger partial charge is 0.182 e. The zero-order chi connectivity index (χ0) is 17.5. The van der Waals surface area contributed by atoms with E-state index in [0.29, 0.717) is 5.75 Å². The molecular weight excluding hydrogens is 308 g/mol. The lowest BCUT2D eigenvalue weighted by Crippen LogP contribution is -1.92. The minimum atomic E-state index is -0.404. The number of aromatic hydroxyl groups is 1. The SMILES string of the molecule is COc1ccc(/C=C/C(=O)C=C(O)c2ccc(OC)cc2O)cc1. The molecule has 2 aromatic carbocycles. The fraction of sp³-hybridized carbons (Fsp3) is 0.105. The molecule has 0 aliphatic carbocycles. The molecule has 0 bridgehead atoms. The summed E-state index contributed by atoms with van der Waals surface area (Å²) in [5.74, 6) is 0.286. The zero-order valence-electron chi connectivity index (χ0n) is 13.4. The molecule has 0 unspecified atom stereocenters. The van der Waals surface area contributed by atoms with Crippen molar-refractivity contribution in [1.82, 2.24) is 0 Å². The van der Waals surface area contributed by atoms with Crippen LogP contribution in [0.4, 0.5) is 0 Å². The molecule has 2 rings (SSSR count). The predicted octanol–water partition coefficient (Wildman–Crippen LogP) is 3.59. The average molecular weight is 326 g/mol. The minimum Gasteiger partial charge on any atom is -0.507 e. The molecular formula is C19H18O5. The maximum absolute atomic E-state index is 11.9. The molecule has 0 saturated carbocycles. The van der Waals surface area contributed by atoms with Gasteiger partial charge in [-0.3, -0.25) is 4.79 Å². The zero-order valence-corrected chi connectivity index (χ0v) is 13.4. The topological polar surface area (TPSA) is 76.0 Å². The number of hydrogen-bond acceptors (Lipinski definition) is 5. The summed E-state index contributed by atoms with van der Waals surface area (Å²) in [5.41, 5.74) is 0.978. The van der Waals surface area contributed by atoms with Crippen molar-refractivity contribution >= 4 is 17.6 Å². The number of aliphatic hydroxyl groups excluding tert-OH is 1. The van der Waals surface area contributed by atoms with Crippen molar-refractivity contribution in [2.45, 2.75) is 0 Å². The van der Waals surface area contributed by atoms with Crippen LogP contribution in [0.15, 0.2) is 54.6 Å². The van der Waals surface area contributed by atoms with Gasteiger partial charge in [-0.15, -0.1) is 0 Å². The quantitative estimate of drug-likeness (QED) is 0.627. The van der Waals surface area contributed by atoms with Crippen LogP contribution in [0, 0.1) is 0 Å². The van der Waals surface area contributed by atoms with Crippen LogP contribution >= 0.6 is 0 Å². The highest BCUT2D eigenvalue weighted by molar-refractivity contribution is 6.05. The highest BCUT2D eigenvalue weighted by Gasteiger charge is 2.08. The summed E-state index contributed by atoms with van der Waals surface area (Å²) in [6.07, 6.45) is 4.00. The van der Waals surface area contributed by atoms with Crippen LogP contribution in [0.5, 0.6) is 17.2 Å². The molecule has 0 amide bonds. The van der Waals surface area contributed by atoms with Crippen molar-refractivity contribution in [3.63, 3.8) is 0 Å². The van der Waals surface area contributed by atoms with Crippen LogP contribution in [-0.4, -0.2) is 30.2 Å². The van der Waals surface area contributed by atoms with Gasteiger partial charge in [0.2, 0.25) is 0 Å². The monoisotopic (exact) mass is 326 g/mol.